The maximum atomic E-state index is 3.72. The van der Waals surface area contributed by atoms with Gasteiger partial charge < -0.3 is 5.32 Å². The molecule has 1 atom stereocenters. The highest BCUT2D eigenvalue weighted by Gasteiger charge is 2.12. The van der Waals surface area contributed by atoms with E-state index in [1.54, 1.807) is 5.56 Å². The number of nitrogens with one attached hydrogen (secondary N) is 1. The predicted octanol–water partition coefficient (Wildman–Crippen LogP) is 4.71. The zero-order valence-electron chi connectivity index (χ0n) is 13.5. The molecule has 0 aliphatic rings. The van der Waals surface area contributed by atoms with Gasteiger partial charge in [-0.15, -0.1) is 0 Å². The lowest BCUT2D eigenvalue weighted by molar-refractivity contribution is 0.461. The van der Waals surface area contributed by atoms with Crippen LogP contribution >= 0.6 is 0 Å². The Morgan fingerprint density at radius 2 is 1.63 bits per heavy atom. The van der Waals surface area contributed by atoms with Crippen LogP contribution in [-0.4, -0.2) is 12.6 Å². The van der Waals surface area contributed by atoms with Gasteiger partial charge in [0.05, 0.1) is 0 Å². The monoisotopic (exact) mass is 261 g/mol. The maximum Gasteiger partial charge on any atom is 0.0108 e. The molecule has 0 amide bonds. The van der Waals surface area contributed by atoms with Crippen molar-refractivity contribution in [2.45, 2.75) is 72.8 Å². The molecule has 0 aliphatic heterocycles. The smallest absolute Gasteiger partial charge is 0.0108 e. The lowest BCUT2D eigenvalue weighted by atomic mass is 9.92. The summed E-state index contributed by atoms with van der Waals surface area (Å²) in [7, 11) is 0. The molecule has 0 radical (unpaired) electrons. The van der Waals surface area contributed by atoms with Gasteiger partial charge in [-0.25, -0.2) is 0 Å². The summed E-state index contributed by atoms with van der Waals surface area (Å²) in [6.07, 6.45) is 6.30. The Balaban J connectivity index is 2.77. The average molecular weight is 261 g/mol. The fourth-order valence-corrected chi connectivity index (χ4v) is 2.85. The summed E-state index contributed by atoms with van der Waals surface area (Å²) in [5.41, 5.74) is 5.84. The number of unbranched alkanes of at least 4 members (excludes halogenated alkanes) is 1. The summed E-state index contributed by atoms with van der Waals surface area (Å²) in [4.78, 5) is 0. The predicted molar refractivity (Wildman–Crippen MR) is 86.0 cm³/mol. The SMILES string of the molecule is CCCCC(Cc1c(C)cc(C)cc1C)NCCC. The van der Waals surface area contributed by atoms with E-state index < -0.39 is 0 Å². The largest absolute Gasteiger partial charge is 0.314 e. The first-order valence-electron chi connectivity index (χ1n) is 7.88. The van der Waals surface area contributed by atoms with Gasteiger partial charge in [-0.2, -0.15) is 0 Å². The molecule has 1 aromatic carbocycles. The number of aryl methyl sites for hydroxylation is 3. The van der Waals surface area contributed by atoms with Crippen molar-refractivity contribution in [2.24, 2.45) is 0 Å². The first kappa shape index (κ1) is 16.2. The van der Waals surface area contributed by atoms with Crippen LogP contribution in [0.15, 0.2) is 12.1 Å². The second-order valence-corrected chi connectivity index (χ2v) is 5.87. The standard InChI is InChI=1S/C18H31N/c1-6-8-9-17(19-10-7-2)13-18-15(4)11-14(3)12-16(18)5/h11-12,17,19H,6-10,13H2,1-5H3. The molecule has 0 saturated heterocycles. The Bertz CT molecular complexity index is 350. The van der Waals surface area contributed by atoms with Gasteiger partial charge >= 0.3 is 0 Å². The van der Waals surface area contributed by atoms with E-state index in [0.717, 1.165) is 6.54 Å². The zero-order valence-corrected chi connectivity index (χ0v) is 13.5. The summed E-state index contributed by atoms with van der Waals surface area (Å²) in [6, 6.07) is 5.28. The Labute approximate surface area is 119 Å². The van der Waals surface area contributed by atoms with Gasteiger partial charge in [-0.3, -0.25) is 0 Å². The van der Waals surface area contributed by atoms with Gasteiger partial charge in [0.1, 0.15) is 0 Å². The lowest BCUT2D eigenvalue weighted by Crippen LogP contribution is -2.32. The Kier molecular flexibility index (Phi) is 7.15. The molecule has 1 heteroatoms. The van der Waals surface area contributed by atoms with E-state index in [0.29, 0.717) is 6.04 Å². The topological polar surface area (TPSA) is 12.0 Å². The number of hydrogen-bond donors (Lipinski definition) is 1. The van der Waals surface area contributed by atoms with Crippen molar-refractivity contribution in [1.82, 2.24) is 5.32 Å². The van der Waals surface area contributed by atoms with E-state index in [1.807, 2.05) is 0 Å². The van der Waals surface area contributed by atoms with Gasteiger partial charge in [-0.05, 0) is 63.3 Å². The maximum absolute atomic E-state index is 3.72. The van der Waals surface area contributed by atoms with E-state index in [9.17, 15) is 0 Å². The van der Waals surface area contributed by atoms with Gasteiger partial charge in [0.2, 0.25) is 0 Å². The Morgan fingerprint density at radius 3 is 2.16 bits per heavy atom. The molecular weight excluding hydrogens is 230 g/mol. The summed E-state index contributed by atoms with van der Waals surface area (Å²) in [5, 5.41) is 3.72. The minimum absolute atomic E-state index is 0.639. The number of benzene rings is 1. The van der Waals surface area contributed by atoms with Crippen LogP contribution in [0.4, 0.5) is 0 Å². The van der Waals surface area contributed by atoms with Crippen LogP contribution in [0.3, 0.4) is 0 Å². The first-order valence-corrected chi connectivity index (χ1v) is 7.88. The third-order valence-electron chi connectivity index (χ3n) is 3.88. The van der Waals surface area contributed by atoms with Gasteiger partial charge in [0, 0.05) is 6.04 Å². The van der Waals surface area contributed by atoms with Crippen molar-refractivity contribution in [1.29, 1.82) is 0 Å². The van der Waals surface area contributed by atoms with Crippen molar-refractivity contribution in [3.63, 3.8) is 0 Å². The van der Waals surface area contributed by atoms with Crippen molar-refractivity contribution in [3.05, 3.63) is 34.4 Å². The lowest BCUT2D eigenvalue weighted by Gasteiger charge is -2.21. The van der Waals surface area contributed by atoms with E-state index in [2.05, 4.69) is 52.1 Å². The second-order valence-electron chi connectivity index (χ2n) is 5.87. The molecule has 1 unspecified atom stereocenters. The summed E-state index contributed by atoms with van der Waals surface area (Å²) < 4.78 is 0. The summed E-state index contributed by atoms with van der Waals surface area (Å²) in [5.74, 6) is 0. The number of rotatable bonds is 8. The first-order chi connectivity index (χ1) is 9.08. The molecule has 0 spiro atoms. The van der Waals surface area contributed by atoms with E-state index >= 15 is 0 Å². The van der Waals surface area contributed by atoms with Gasteiger partial charge in [0.15, 0.2) is 0 Å². The van der Waals surface area contributed by atoms with Crippen LogP contribution < -0.4 is 5.32 Å². The summed E-state index contributed by atoms with van der Waals surface area (Å²) >= 11 is 0. The summed E-state index contributed by atoms with van der Waals surface area (Å²) in [6.45, 7) is 12.4. The molecule has 108 valence electrons. The van der Waals surface area contributed by atoms with Crippen LogP contribution in [0.1, 0.15) is 61.8 Å². The van der Waals surface area contributed by atoms with Crippen molar-refractivity contribution >= 4 is 0 Å². The highest BCUT2D eigenvalue weighted by molar-refractivity contribution is 5.38. The van der Waals surface area contributed by atoms with Crippen LogP contribution in [0.5, 0.6) is 0 Å². The van der Waals surface area contributed by atoms with Crippen molar-refractivity contribution < 1.29 is 0 Å². The molecule has 0 fully saturated rings. The molecule has 1 aromatic rings. The van der Waals surface area contributed by atoms with E-state index in [-0.39, 0.29) is 0 Å². The van der Waals surface area contributed by atoms with Crippen LogP contribution in [0, 0.1) is 20.8 Å². The molecule has 1 N–H and O–H groups in total. The van der Waals surface area contributed by atoms with E-state index in [4.69, 9.17) is 0 Å². The van der Waals surface area contributed by atoms with Gasteiger partial charge in [0.25, 0.3) is 0 Å². The minimum Gasteiger partial charge on any atom is -0.314 e. The van der Waals surface area contributed by atoms with Crippen molar-refractivity contribution in [2.75, 3.05) is 6.54 Å². The fraction of sp³-hybridized carbons (Fsp3) is 0.667. The molecule has 1 nitrogen and oxygen atoms in total. The molecule has 1 rings (SSSR count). The normalized spacial score (nSPS) is 12.7. The van der Waals surface area contributed by atoms with Crippen LogP contribution in [0.2, 0.25) is 0 Å². The van der Waals surface area contributed by atoms with Gasteiger partial charge in [-0.1, -0.05) is 44.4 Å². The van der Waals surface area contributed by atoms with E-state index in [1.165, 1.54) is 48.8 Å². The molecule has 0 heterocycles. The minimum atomic E-state index is 0.639. The highest BCUT2D eigenvalue weighted by atomic mass is 14.9. The molecule has 19 heavy (non-hydrogen) atoms. The molecule has 0 aromatic heterocycles. The van der Waals surface area contributed by atoms with Crippen molar-refractivity contribution in [3.8, 4) is 0 Å². The third kappa shape index (κ3) is 5.36. The second kappa shape index (κ2) is 8.37. The zero-order chi connectivity index (χ0) is 14.3. The Morgan fingerprint density at radius 1 is 1.00 bits per heavy atom. The third-order valence-corrected chi connectivity index (χ3v) is 3.88. The average Bonchev–Trinajstić information content (AvgIpc) is 2.35. The Hall–Kier alpha value is -0.820. The molecule has 0 saturated carbocycles. The highest BCUT2D eigenvalue weighted by Crippen LogP contribution is 2.19. The molecular formula is C18H31N. The molecule has 0 bridgehead atoms. The fourth-order valence-electron chi connectivity index (χ4n) is 2.85. The quantitative estimate of drug-likeness (QED) is 0.714. The van der Waals surface area contributed by atoms with Crippen LogP contribution in [-0.2, 0) is 6.42 Å². The van der Waals surface area contributed by atoms with Crippen LogP contribution in [0.25, 0.3) is 0 Å². The molecule has 0 aliphatic carbocycles. The number of hydrogen-bond acceptors (Lipinski definition) is 1.